The number of hydrogen-bond acceptors (Lipinski definition) is 3. The summed E-state index contributed by atoms with van der Waals surface area (Å²) in [5.74, 6) is -0.0768. The molecular weight excluding hydrogens is 403 g/mol. The highest BCUT2D eigenvalue weighted by atomic mass is 127. The monoisotopic (exact) mass is 422 g/mol. The number of carbonyl (C=O) groups is 1. The third-order valence-corrected chi connectivity index (χ3v) is 4.79. The number of morpholine rings is 1. The first-order chi connectivity index (χ1) is 11.2. The summed E-state index contributed by atoms with van der Waals surface area (Å²) in [6.45, 7) is 4.44. The van der Waals surface area contributed by atoms with E-state index >= 15 is 0 Å². The minimum atomic E-state index is -0.0768. The quantitative estimate of drug-likeness (QED) is 0.769. The van der Waals surface area contributed by atoms with Gasteiger partial charge in [-0.25, -0.2) is 0 Å². The van der Waals surface area contributed by atoms with Crippen LogP contribution < -0.4 is 5.32 Å². The molecule has 0 atom stereocenters. The van der Waals surface area contributed by atoms with Crippen molar-refractivity contribution in [2.75, 3.05) is 31.6 Å². The van der Waals surface area contributed by atoms with E-state index in [1.165, 1.54) is 5.56 Å². The third kappa shape index (κ3) is 4.53. The molecule has 2 aromatic rings. The van der Waals surface area contributed by atoms with Gasteiger partial charge in [-0.3, -0.25) is 9.69 Å². The number of anilines is 1. The summed E-state index contributed by atoms with van der Waals surface area (Å²) in [6.07, 6.45) is 0. The molecule has 4 nitrogen and oxygen atoms in total. The molecule has 0 bridgehead atoms. The Morgan fingerprint density at radius 3 is 2.48 bits per heavy atom. The van der Waals surface area contributed by atoms with Crippen molar-refractivity contribution in [3.63, 3.8) is 0 Å². The minimum Gasteiger partial charge on any atom is -0.379 e. The van der Waals surface area contributed by atoms with Crippen LogP contribution in [-0.2, 0) is 11.3 Å². The molecule has 0 aromatic heterocycles. The molecule has 3 rings (SSSR count). The predicted octanol–water partition coefficient (Wildman–Crippen LogP) is 3.38. The van der Waals surface area contributed by atoms with Crippen LogP contribution in [0.4, 0.5) is 5.69 Å². The molecule has 1 saturated heterocycles. The number of amides is 1. The van der Waals surface area contributed by atoms with Gasteiger partial charge >= 0.3 is 0 Å². The van der Waals surface area contributed by atoms with E-state index in [-0.39, 0.29) is 5.91 Å². The van der Waals surface area contributed by atoms with Gasteiger partial charge < -0.3 is 10.1 Å². The summed E-state index contributed by atoms with van der Waals surface area (Å²) in [4.78, 5) is 14.7. The summed E-state index contributed by atoms with van der Waals surface area (Å²) >= 11 is 2.22. The number of para-hydroxylation sites is 1. The van der Waals surface area contributed by atoms with Crippen LogP contribution in [-0.4, -0.2) is 37.1 Å². The Morgan fingerprint density at radius 1 is 1.09 bits per heavy atom. The number of nitrogens with zero attached hydrogens (tertiary/aromatic N) is 1. The van der Waals surface area contributed by atoms with Gasteiger partial charge in [0.15, 0.2) is 0 Å². The molecule has 120 valence electrons. The van der Waals surface area contributed by atoms with Crippen molar-refractivity contribution in [1.29, 1.82) is 0 Å². The maximum absolute atomic E-state index is 12.3. The molecule has 0 spiro atoms. The number of hydrogen-bond donors (Lipinski definition) is 1. The molecule has 5 heteroatoms. The van der Waals surface area contributed by atoms with E-state index < -0.39 is 0 Å². The Bertz CT molecular complexity index is 667. The second kappa shape index (κ2) is 7.90. The summed E-state index contributed by atoms with van der Waals surface area (Å²) in [7, 11) is 0. The van der Waals surface area contributed by atoms with Crippen molar-refractivity contribution in [3.8, 4) is 0 Å². The molecule has 0 unspecified atom stereocenters. The topological polar surface area (TPSA) is 41.6 Å². The van der Waals surface area contributed by atoms with Crippen molar-refractivity contribution in [3.05, 3.63) is 63.2 Å². The van der Waals surface area contributed by atoms with Gasteiger partial charge in [0.25, 0.3) is 5.91 Å². The highest BCUT2D eigenvalue weighted by Crippen LogP contribution is 2.18. The summed E-state index contributed by atoms with van der Waals surface area (Å²) < 4.78 is 6.39. The fourth-order valence-corrected chi connectivity index (χ4v) is 3.06. The summed E-state index contributed by atoms with van der Waals surface area (Å²) in [6, 6.07) is 15.6. The summed E-state index contributed by atoms with van der Waals surface area (Å²) in [5.41, 5.74) is 2.74. The van der Waals surface area contributed by atoms with Crippen molar-refractivity contribution >= 4 is 34.2 Å². The van der Waals surface area contributed by atoms with E-state index in [1.54, 1.807) is 0 Å². The zero-order valence-electron chi connectivity index (χ0n) is 12.8. The van der Waals surface area contributed by atoms with E-state index in [2.05, 4.69) is 32.8 Å². The van der Waals surface area contributed by atoms with Crippen LogP contribution in [0.3, 0.4) is 0 Å². The molecule has 23 heavy (non-hydrogen) atoms. The molecule has 1 N–H and O–H groups in total. The minimum absolute atomic E-state index is 0.0768. The number of benzene rings is 2. The molecule has 0 aliphatic carbocycles. The fraction of sp³-hybridized carbons (Fsp3) is 0.278. The maximum Gasteiger partial charge on any atom is 0.255 e. The number of ether oxygens (including phenoxy) is 1. The smallest absolute Gasteiger partial charge is 0.255 e. The second-order valence-electron chi connectivity index (χ2n) is 5.52. The van der Waals surface area contributed by atoms with E-state index in [0.717, 1.165) is 42.1 Å². The molecule has 1 aliphatic rings. The van der Waals surface area contributed by atoms with Gasteiger partial charge in [-0.2, -0.15) is 0 Å². The number of nitrogens with one attached hydrogen (secondary N) is 1. The first kappa shape index (κ1) is 16.4. The van der Waals surface area contributed by atoms with Crippen LogP contribution >= 0.6 is 22.6 Å². The Hall–Kier alpha value is -1.44. The first-order valence-corrected chi connectivity index (χ1v) is 8.75. The van der Waals surface area contributed by atoms with Crippen LogP contribution in [0.5, 0.6) is 0 Å². The Kier molecular flexibility index (Phi) is 5.64. The van der Waals surface area contributed by atoms with Crippen molar-refractivity contribution < 1.29 is 9.53 Å². The predicted molar refractivity (Wildman–Crippen MR) is 99.7 cm³/mol. The lowest BCUT2D eigenvalue weighted by Crippen LogP contribution is -2.35. The van der Waals surface area contributed by atoms with Crippen LogP contribution in [0, 0.1) is 3.57 Å². The van der Waals surface area contributed by atoms with Gasteiger partial charge in [-0.15, -0.1) is 0 Å². The average molecular weight is 422 g/mol. The second-order valence-corrected chi connectivity index (χ2v) is 6.68. The van der Waals surface area contributed by atoms with E-state index in [0.29, 0.717) is 5.56 Å². The van der Waals surface area contributed by atoms with Crippen LogP contribution in [0.25, 0.3) is 0 Å². The van der Waals surface area contributed by atoms with Gasteiger partial charge in [0.2, 0.25) is 0 Å². The number of carbonyl (C=O) groups excluding carboxylic acids is 1. The van der Waals surface area contributed by atoms with Crippen molar-refractivity contribution in [2.45, 2.75) is 6.54 Å². The molecule has 0 radical (unpaired) electrons. The summed E-state index contributed by atoms with van der Waals surface area (Å²) in [5, 5.41) is 2.95. The van der Waals surface area contributed by atoms with Gasteiger partial charge in [0.05, 0.1) is 18.9 Å². The molecule has 0 saturated carbocycles. The largest absolute Gasteiger partial charge is 0.379 e. The molecule has 1 heterocycles. The first-order valence-electron chi connectivity index (χ1n) is 7.67. The lowest BCUT2D eigenvalue weighted by atomic mass is 10.1. The van der Waals surface area contributed by atoms with Gasteiger partial charge in [-0.1, -0.05) is 24.3 Å². The van der Waals surface area contributed by atoms with Crippen LogP contribution in [0.2, 0.25) is 0 Å². The zero-order chi connectivity index (χ0) is 16.1. The fourth-order valence-electron chi connectivity index (χ4n) is 2.54. The van der Waals surface area contributed by atoms with Gasteiger partial charge in [0, 0.05) is 28.8 Å². The van der Waals surface area contributed by atoms with Crippen LogP contribution in [0.1, 0.15) is 15.9 Å². The maximum atomic E-state index is 12.3. The standard InChI is InChI=1S/C18H19IN2O2/c19-16-3-1-2-4-17(16)20-18(22)15-7-5-14(6-8-15)13-21-9-11-23-12-10-21/h1-8H,9-13H2,(H,20,22). The highest BCUT2D eigenvalue weighted by molar-refractivity contribution is 14.1. The van der Waals surface area contributed by atoms with E-state index in [4.69, 9.17) is 4.74 Å². The van der Waals surface area contributed by atoms with E-state index in [1.807, 2.05) is 48.5 Å². The number of rotatable bonds is 4. The lowest BCUT2D eigenvalue weighted by Gasteiger charge is -2.26. The third-order valence-electron chi connectivity index (χ3n) is 3.85. The molecule has 1 fully saturated rings. The SMILES string of the molecule is O=C(Nc1ccccc1I)c1ccc(CN2CCOCC2)cc1. The van der Waals surface area contributed by atoms with E-state index in [9.17, 15) is 4.79 Å². The van der Waals surface area contributed by atoms with Gasteiger partial charge in [0.1, 0.15) is 0 Å². The Balaban J connectivity index is 1.62. The average Bonchev–Trinajstić information content (AvgIpc) is 2.58. The number of halogens is 1. The van der Waals surface area contributed by atoms with Crippen molar-refractivity contribution in [2.24, 2.45) is 0 Å². The molecule has 2 aromatic carbocycles. The van der Waals surface area contributed by atoms with Crippen molar-refractivity contribution in [1.82, 2.24) is 4.90 Å². The Labute approximate surface area is 150 Å². The zero-order valence-corrected chi connectivity index (χ0v) is 15.0. The Morgan fingerprint density at radius 2 is 1.78 bits per heavy atom. The lowest BCUT2D eigenvalue weighted by molar-refractivity contribution is 0.0342. The molecule has 1 aliphatic heterocycles. The molecular formula is C18H19IN2O2. The normalized spacial score (nSPS) is 15.3. The van der Waals surface area contributed by atoms with Crippen LogP contribution in [0.15, 0.2) is 48.5 Å². The highest BCUT2D eigenvalue weighted by Gasteiger charge is 2.12. The molecule has 1 amide bonds. The van der Waals surface area contributed by atoms with Gasteiger partial charge in [-0.05, 0) is 52.4 Å².